The summed E-state index contributed by atoms with van der Waals surface area (Å²) < 4.78 is 39.3. The van der Waals surface area contributed by atoms with Crippen molar-refractivity contribution in [2.75, 3.05) is 38.5 Å². The second-order valence-electron chi connectivity index (χ2n) is 7.71. The number of nitrogens with one attached hydrogen (secondary N) is 1. The number of rotatable bonds is 3. The summed E-state index contributed by atoms with van der Waals surface area (Å²) in [4.78, 5) is 29.2. The zero-order valence-corrected chi connectivity index (χ0v) is 16.0. The van der Waals surface area contributed by atoms with Gasteiger partial charge in [-0.05, 0) is 44.9 Å². The smallest absolute Gasteiger partial charge is 0.340 e. The van der Waals surface area contributed by atoms with Gasteiger partial charge in [-0.2, -0.15) is 13.2 Å². The van der Waals surface area contributed by atoms with Crippen LogP contribution in [-0.2, 0) is 15.8 Å². The molecule has 0 radical (unpaired) electrons. The van der Waals surface area contributed by atoms with Crippen LogP contribution in [0.25, 0.3) is 0 Å². The molecule has 1 saturated heterocycles. The first kappa shape index (κ1) is 20.6. The Bertz CT molecular complexity index is 707. The Balaban J connectivity index is 1.54. The molecule has 0 bridgehead atoms. The lowest BCUT2D eigenvalue weighted by atomic mass is 9.80. The van der Waals surface area contributed by atoms with Gasteiger partial charge in [0.25, 0.3) is 0 Å². The minimum Gasteiger partial charge on any atom is -0.340 e. The molecule has 154 valence electrons. The first-order valence-corrected chi connectivity index (χ1v) is 9.70. The quantitative estimate of drug-likeness (QED) is 0.852. The van der Waals surface area contributed by atoms with E-state index in [0.29, 0.717) is 25.7 Å². The highest BCUT2D eigenvalue weighted by atomic mass is 19.4. The average Bonchev–Trinajstić information content (AvgIpc) is 2.68. The lowest BCUT2D eigenvalue weighted by molar-refractivity contribution is -0.139. The minimum atomic E-state index is -4.52. The number of carbonyl (C=O) groups excluding carboxylic acids is 2. The number of alkyl halides is 3. The number of carbonyl (C=O) groups is 2. The van der Waals surface area contributed by atoms with E-state index >= 15 is 0 Å². The number of piperazine rings is 1. The molecule has 1 heterocycles. The van der Waals surface area contributed by atoms with Crippen LogP contribution in [0.15, 0.2) is 24.3 Å². The number of para-hydroxylation sites is 1. The number of anilines is 1. The molecular weight excluding hydrogens is 371 g/mol. The van der Waals surface area contributed by atoms with Crippen molar-refractivity contribution in [1.29, 1.82) is 0 Å². The summed E-state index contributed by atoms with van der Waals surface area (Å²) in [6, 6.07) is 4.99. The van der Waals surface area contributed by atoms with Crippen molar-refractivity contribution in [3.05, 3.63) is 29.8 Å². The molecule has 8 heteroatoms. The van der Waals surface area contributed by atoms with Gasteiger partial charge in [-0.3, -0.25) is 9.59 Å². The van der Waals surface area contributed by atoms with Crippen molar-refractivity contribution in [3.8, 4) is 0 Å². The van der Waals surface area contributed by atoms with Crippen molar-refractivity contribution in [2.24, 2.45) is 11.8 Å². The molecule has 0 spiro atoms. The maximum absolute atomic E-state index is 13.1. The Morgan fingerprint density at radius 2 is 1.54 bits per heavy atom. The molecular formula is C20H26F3N3O2. The summed E-state index contributed by atoms with van der Waals surface area (Å²) in [6.07, 6.45) is -2.28. The van der Waals surface area contributed by atoms with Gasteiger partial charge < -0.3 is 15.1 Å². The second kappa shape index (κ2) is 8.51. The van der Waals surface area contributed by atoms with E-state index in [0.717, 1.165) is 32.2 Å². The van der Waals surface area contributed by atoms with Crippen LogP contribution in [0.3, 0.4) is 0 Å². The predicted molar refractivity (Wildman–Crippen MR) is 99.6 cm³/mol. The number of hydrogen-bond acceptors (Lipinski definition) is 3. The molecule has 28 heavy (non-hydrogen) atoms. The van der Waals surface area contributed by atoms with E-state index in [1.54, 1.807) is 0 Å². The van der Waals surface area contributed by atoms with E-state index in [9.17, 15) is 22.8 Å². The molecule has 5 nitrogen and oxygen atoms in total. The Morgan fingerprint density at radius 1 is 0.964 bits per heavy atom. The highest BCUT2D eigenvalue weighted by molar-refractivity contribution is 5.93. The van der Waals surface area contributed by atoms with Crippen LogP contribution < -0.4 is 5.32 Å². The largest absolute Gasteiger partial charge is 0.418 e. The van der Waals surface area contributed by atoms with E-state index in [2.05, 4.69) is 10.2 Å². The number of amides is 2. The molecule has 0 atom stereocenters. The fourth-order valence-corrected chi connectivity index (χ4v) is 3.96. The Kier molecular flexibility index (Phi) is 6.27. The van der Waals surface area contributed by atoms with Gasteiger partial charge in [0.1, 0.15) is 0 Å². The molecule has 1 aromatic rings. The number of hydrogen-bond donors (Lipinski definition) is 1. The van der Waals surface area contributed by atoms with Gasteiger partial charge in [-0.25, -0.2) is 0 Å². The molecule has 1 saturated carbocycles. The second-order valence-corrected chi connectivity index (χ2v) is 7.71. The third kappa shape index (κ3) is 4.84. The zero-order valence-electron chi connectivity index (χ0n) is 16.0. The minimum absolute atomic E-state index is 0.0880. The molecule has 1 aliphatic heterocycles. The lowest BCUT2D eigenvalue weighted by Crippen LogP contribution is -2.49. The fourth-order valence-electron chi connectivity index (χ4n) is 3.96. The van der Waals surface area contributed by atoms with Crippen LogP contribution in [0.1, 0.15) is 31.2 Å². The summed E-state index contributed by atoms with van der Waals surface area (Å²) in [5, 5.41) is 2.44. The molecule has 3 rings (SSSR count). The van der Waals surface area contributed by atoms with Crippen molar-refractivity contribution in [2.45, 2.75) is 31.9 Å². The lowest BCUT2D eigenvalue weighted by Gasteiger charge is -2.36. The van der Waals surface area contributed by atoms with Gasteiger partial charge in [-0.15, -0.1) is 0 Å². The molecule has 2 fully saturated rings. The van der Waals surface area contributed by atoms with E-state index in [1.165, 1.54) is 18.2 Å². The number of halogens is 3. The summed E-state index contributed by atoms with van der Waals surface area (Å²) in [7, 11) is 2.03. The highest BCUT2D eigenvalue weighted by Crippen LogP contribution is 2.36. The number of benzene rings is 1. The third-order valence-electron chi connectivity index (χ3n) is 5.75. The maximum atomic E-state index is 13.1. The van der Waals surface area contributed by atoms with Gasteiger partial charge in [-0.1, -0.05) is 12.1 Å². The van der Waals surface area contributed by atoms with Gasteiger partial charge in [0.15, 0.2) is 0 Å². The molecule has 1 aromatic carbocycles. The molecule has 2 aliphatic rings. The number of likely N-dealkylation sites (N-methyl/N-ethyl adjacent to an activating group) is 1. The Morgan fingerprint density at radius 3 is 2.14 bits per heavy atom. The predicted octanol–water partition coefficient (Wildman–Crippen LogP) is 3.22. The number of nitrogens with zero attached hydrogens (tertiary/aromatic N) is 2. The van der Waals surface area contributed by atoms with Crippen molar-refractivity contribution >= 4 is 17.5 Å². The van der Waals surface area contributed by atoms with E-state index < -0.39 is 17.6 Å². The summed E-state index contributed by atoms with van der Waals surface area (Å²) >= 11 is 0. The normalized spacial score (nSPS) is 24.1. The van der Waals surface area contributed by atoms with Gasteiger partial charge in [0.2, 0.25) is 11.8 Å². The van der Waals surface area contributed by atoms with Crippen molar-refractivity contribution in [1.82, 2.24) is 9.80 Å². The van der Waals surface area contributed by atoms with E-state index in [4.69, 9.17) is 0 Å². The zero-order chi connectivity index (χ0) is 20.3. The first-order valence-electron chi connectivity index (χ1n) is 9.70. The van der Waals surface area contributed by atoms with Crippen molar-refractivity contribution < 1.29 is 22.8 Å². The molecule has 0 aromatic heterocycles. The monoisotopic (exact) mass is 397 g/mol. The molecule has 1 N–H and O–H groups in total. The van der Waals surface area contributed by atoms with Crippen LogP contribution in [0.2, 0.25) is 0 Å². The first-order chi connectivity index (χ1) is 13.3. The standard InChI is InChI=1S/C20H26F3N3O2/c1-25-10-12-26(13-11-25)19(28)15-8-6-14(7-9-15)18(27)24-17-5-3-2-4-16(17)20(21,22)23/h2-5,14-15H,6-13H2,1H3,(H,24,27). The molecule has 1 aliphatic carbocycles. The van der Waals surface area contributed by atoms with Crippen LogP contribution in [0.5, 0.6) is 0 Å². The maximum Gasteiger partial charge on any atom is 0.418 e. The Hall–Kier alpha value is -2.09. The van der Waals surface area contributed by atoms with E-state index in [1.807, 2.05) is 11.9 Å². The highest BCUT2D eigenvalue weighted by Gasteiger charge is 2.36. The van der Waals surface area contributed by atoms with E-state index in [-0.39, 0.29) is 23.4 Å². The van der Waals surface area contributed by atoms with Crippen LogP contribution in [0, 0.1) is 11.8 Å². The van der Waals surface area contributed by atoms with Crippen LogP contribution in [-0.4, -0.2) is 54.8 Å². The summed E-state index contributed by atoms with van der Waals surface area (Å²) in [6.45, 7) is 3.18. The average molecular weight is 397 g/mol. The summed E-state index contributed by atoms with van der Waals surface area (Å²) in [5.74, 6) is -0.704. The molecule has 0 unspecified atom stereocenters. The van der Waals surface area contributed by atoms with Crippen molar-refractivity contribution in [3.63, 3.8) is 0 Å². The van der Waals surface area contributed by atoms with Gasteiger partial charge in [0.05, 0.1) is 11.3 Å². The van der Waals surface area contributed by atoms with Crippen LogP contribution in [0.4, 0.5) is 18.9 Å². The third-order valence-corrected chi connectivity index (χ3v) is 5.75. The topological polar surface area (TPSA) is 52.7 Å². The van der Waals surface area contributed by atoms with Crippen LogP contribution >= 0.6 is 0 Å². The van der Waals surface area contributed by atoms with Gasteiger partial charge in [0, 0.05) is 38.0 Å². The van der Waals surface area contributed by atoms with Gasteiger partial charge >= 0.3 is 6.18 Å². The summed E-state index contributed by atoms with van der Waals surface area (Å²) in [5.41, 5.74) is -1.06. The fraction of sp³-hybridized carbons (Fsp3) is 0.600. The molecule has 2 amide bonds. The Labute approximate surface area is 162 Å². The SMILES string of the molecule is CN1CCN(C(=O)C2CCC(C(=O)Nc3ccccc3C(F)(F)F)CC2)CC1.